The van der Waals surface area contributed by atoms with Crippen molar-refractivity contribution >= 4 is 29.1 Å². The van der Waals surface area contributed by atoms with E-state index in [0.29, 0.717) is 23.1 Å². The molecule has 0 aliphatic heterocycles. The molecule has 0 saturated carbocycles. The maximum Gasteiger partial charge on any atom is 0.227 e. The quantitative estimate of drug-likeness (QED) is 0.817. The second-order valence-electron chi connectivity index (χ2n) is 3.78. The van der Waals surface area contributed by atoms with Crippen molar-refractivity contribution in [1.82, 2.24) is 4.90 Å². The van der Waals surface area contributed by atoms with Gasteiger partial charge in [0.2, 0.25) is 5.91 Å². The summed E-state index contributed by atoms with van der Waals surface area (Å²) < 4.78 is 0. The van der Waals surface area contributed by atoms with Crippen molar-refractivity contribution in [2.45, 2.75) is 6.42 Å². The largest absolute Gasteiger partial charge is 0.395 e. The predicted molar refractivity (Wildman–Crippen MR) is 74.0 cm³/mol. The van der Waals surface area contributed by atoms with E-state index in [2.05, 4.69) is 6.58 Å². The molecule has 5 heteroatoms. The summed E-state index contributed by atoms with van der Waals surface area (Å²) in [5.41, 5.74) is 0.793. The normalized spacial score (nSPS) is 10.2. The van der Waals surface area contributed by atoms with Gasteiger partial charge in [-0.05, 0) is 17.7 Å². The second kappa shape index (κ2) is 7.41. The van der Waals surface area contributed by atoms with Crippen LogP contribution in [0.2, 0.25) is 10.0 Å². The highest BCUT2D eigenvalue weighted by atomic mass is 35.5. The Morgan fingerprint density at radius 2 is 2.11 bits per heavy atom. The average Bonchev–Trinajstić information content (AvgIpc) is 2.33. The number of carbonyl (C=O) groups is 1. The molecule has 0 aromatic heterocycles. The number of amides is 1. The molecule has 1 aromatic carbocycles. The van der Waals surface area contributed by atoms with E-state index in [1.54, 1.807) is 24.3 Å². The fourth-order valence-electron chi connectivity index (χ4n) is 1.53. The van der Waals surface area contributed by atoms with E-state index in [0.717, 1.165) is 5.56 Å². The van der Waals surface area contributed by atoms with Gasteiger partial charge in [0, 0.05) is 13.1 Å². The minimum Gasteiger partial charge on any atom is -0.395 e. The molecule has 1 N–H and O–H groups in total. The second-order valence-corrected chi connectivity index (χ2v) is 4.59. The number of aliphatic hydroxyl groups is 1. The van der Waals surface area contributed by atoms with Gasteiger partial charge in [-0.3, -0.25) is 4.79 Å². The Morgan fingerprint density at radius 3 is 2.67 bits per heavy atom. The van der Waals surface area contributed by atoms with Crippen LogP contribution in [0.15, 0.2) is 30.9 Å². The van der Waals surface area contributed by atoms with Crippen LogP contribution in [-0.2, 0) is 11.2 Å². The first kappa shape index (κ1) is 15.0. The third kappa shape index (κ3) is 4.33. The van der Waals surface area contributed by atoms with Gasteiger partial charge in [0.15, 0.2) is 0 Å². The molecule has 0 atom stereocenters. The number of benzene rings is 1. The molecule has 0 aliphatic carbocycles. The first-order valence-electron chi connectivity index (χ1n) is 5.52. The van der Waals surface area contributed by atoms with Gasteiger partial charge in [-0.25, -0.2) is 0 Å². The zero-order valence-corrected chi connectivity index (χ0v) is 11.4. The lowest BCUT2D eigenvalue weighted by Gasteiger charge is -2.20. The van der Waals surface area contributed by atoms with Crippen LogP contribution in [0.5, 0.6) is 0 Å². The number of hydrogen-bond donors (Lipinski definition) is 1. The summed E-state index contributed by atoms with van der Waals surface area (Å²) in [5, 5.41) is 9.79. The van der Waals surface area contributed by atoms with Crippen LogP contribution in [0.4, 0.5) is 0 Å². The Morgan fingerprint density at radius 1 is 1.39 bits per heavy atom. The number of halogens is 2. The van der Waals surface area contributed by atoms with E-state index in [1.165, 1.54) is 4.90 Å². The fraction of sp³-hybridized carbons (Fsp3) is 0.308. The van der Waals surface area contributed by atoms with E-state index in [4.69, 9.17) is 28.3 Å². The van der Waals surface area contributed by atoms with E-state index in [-0.39, 0.29) is 18.9 Å². The molecule has 0 bridgehead atoms. The molecule has 0 aliphatic rings. The minimum absolute atomic E-state index is 0.0685. The van der Waals surface area contributed by atoms with E-state index in [1.807, 2.05) is 0 Å². The topological polar surface area (TPSA) is 40.5 Å². The Hall–Kier alpha value is -1.03. The van der Waals surface area contributed by atoms with Gasteiger partial charge in [-0.2, -0.15) is 0 Å². The van der Waals surface area contributed by atoms with Crippen LogP contribution in [0, 0.1) is 0 Å². The Kier molecular flexibility index (Phi) is 6.19. The Balaban J connectivity index is 2.72. The summed E-state index contributed by atoms with van der Waals surface area (Å²) >= 11 is 11.7. The highest BCUT2D eigenvalue weighted by molar-refractivity contribution is 6.42. The lowest BCUT2D eigenvalue weighted by Crippen LogP contribution is -2.34. The summed E-state index contributed by atoms with van der Waals surface area (Å²) in [5.74, 6) is -0.0812. The molecule has 1 amide bonds. The van der Waals surface area contributed by atoms with E-state index < -0.39 is 0 Å². The third-order valence-corrected chi connectivity index (χ3v) is 3.15. The van der Waals surface area contributed by atoms with Gasteiger partial charge in [-0.15, -0.1) is 6.58 Å². The highest BCUT2D eigenvalue weighted by Gasteiger charge is 2.12. The first-order valence-corrected chi connectivity index (χ1v) is 6.27. The maximum atomic E-state index is 12.0. The van der Waals surface area contributed by atoms with Crippen molar-refractivity contribution in [1.29, 1.82) is 0 Å². The zero-order chi connectivity index (χ0) is 13.5. The lowest BCUT2D eigenvalue weighted by atomic mass is 10.1. The molecular formula is C13H15Cl2NO2. The molecule has 0 radical (unpaired) electrons. The van der Waals surface area contributed by atoms with Crippen LogP contribution in [-0.4, -0.2) is 35.6 Å². The SMILES string of the molecule is C=CCN(CCO)C(=O)Cc1ccc(Cl)c(Cl)c1. The number of hydrogen-bond acceptors (Lipinski definition) is 2. The van der Waals surface area contributed by atoms with Crippen molar-refractivity contribution in [2.24, 2.45) is 0 Å². The summed E-state index contributed by atoms with van der Waals surface area (Å²) in [6.07, 6.45) is 1.85. The van der Waals surface area contributed by atoms with E-state index in [9.17, 15) is 4.79 Å². The molecule has 3 nitrogen and oxygen atoms in total. The Labute approximate surface area is 117 Å². The molecule has 98 valence electrons. The van der Waals surface area contributed by atoms with E-state index >= 15 is 0 Å². The molecule has 0 heterocycles. The van der Waals surface area contributed by atoms with Crippen LogP contribution < -0.4 is 0 Å². The standard InChI is InChI=1S/C13H15Cl2NO2/c1-2-5-16(6-7-17)13(18)9-10-3-4-11(14)12(15)8-10/h2-4,8,17H,1,5-7,9H2. The molecular weight excluding hydrogens is 273 g/mol. The smallest absolute Gasteiger partial charge is 0.227 e. The van der Waals surface area contributed by atoms with Crippen LogP contribution in [0.3, 0.4) is 0 Å². The minimum atomic E-state index is -0.0812. The number of carbonyl (C=O) groups excluding carboxylic acids is 1. The zero-order valence-electron chi connectivity index (χ0n) is 9.90. The average molecular weight is 288 g/mol. The third-order valence-electron chi connectivity index (χ3n) is 2.41. The predicted octanol–water partition coefficient (Wildman–Crippen LogP) is 2.54. The van der Waals surface area contributed by atoms with Crippen molar-refractivity contribution < 1.29 is 9.90 Å². The van der Waals surface area contributed by atoms with Crippen molar-refractivity contribution in [2.75, 3.05) is 19.7 Å². The van der Waals surface area contributed by atoms with Crippen LogP contribution >= 0.6 is 23.2 Å². The summed E-state index contributed by atoms with van der Waals surface area (Å²) in [4.78, 5) is 13.5. The first-order chi connectivity index (χ1) is 8.58. The van der Waals surface area contributed by atoms with Crippen molar-refractivity contribution in [3.63, 3.8) is 0 Å². The highest BCUT2D eigenvalue weighted by Crippen LogP contribution is 2.22. The van der Waals surface area contributed by atoms with Gasteiger partial charge in [0.1, 0.15) is 0 Å². The van der Waals surface area contributed by atoms with Gasteiger partial charge < -0.3 is 10.0 Å². The van der Waals surface area contributed by atoms with Gasteiger partial charge in [-0.1, -0.05) is 35.3 Å². The fourth-order valence-corrected chi connectivity index (χ4v) is 1.85. The number of rotatable bonds is 6. The number of aliphatic hydroxyl groups excluding tert-OH is 1. The monoisotopic (exact) mass is 287 g/mol. The van der Waals surface area contributed by atoms with Crippen LogP contribution in [0.1, 0.15) is 5.56 Å². The summed E-state index contributed by atoms with van der Waals surface area (Å²) in [7, 11) is 0. The van der Waals surface area contributed by atoms with Gasteiger partial charge in [0.25, 0.3) is 0 Å². The number of nitrogens with zero attached hydrogens (tertiary/aromatic N) is 1. The van der Waals surface area contributed by atoms with Crippen LogP contribution in [0.25, 0.3) is 0 Å². The molecule has 0 spiro atoms. The molecule has 0 unspecified atom stereocenters. The summed E-state index contributed by atoms with van der Waals surface area (Å²) in [6, 6.07) is 5.10. The van der Waals surface area contributed by atoms with Crippen molar-refractivity contribution in [3.05, 3.63) is 46.5 Å². The lowest BCUT2D eigenvalue weighted by molar-refractivity contribution is -0.130. The van der Waals surface area contributed by atoms with Gasteiger partial charge in [0.05, 0.1) is 23.1 Å². The molecule has 1 rings (SSSR count). The summed E-state index contributed by atoms with van der Waals surface area (Å²) in [6.45, 7) is 4.23. The van der Waals surface area contributed by atoms with Gasteiger partial charge >= 0.3 is 0 Å². The Bertz CT molecular complexity index is 435. The molecule has 0 fully saturated rings. The van der Waals surface area contributed by atoms with Crippen molar-refractivity contribution in [3.8, 4) is 0 Å². The maximum absolute atomic E-state index is 12.0. The molecule has 1 aromatic rings. The molecule has 0 saturated heterocycles. The molecule has 18 heavy (non-hydrogen) atoms.